The number of rotatable bonds is 4. The summed E-state index contributed by atoms with van der Waals surface area (Å²) in [6.45, 7) is 0. The molecular formula is C17H12Br2N2O2. The molecule has 0 aromatic heterocycles. The van der Waals surface area contributed by atoms with Gasteiger partial charge in [-0.05, 0) is 54.1 Å². The number of carbonyl (C=O) groups is 1. The summed E-state index contributed by atoms with van der Waals surface area (Å²) in [5.74, 6) is 0.171. The predicted molar refractivity (Wildman–Crippen MR) is 97.1 cm³/mol. The molecule has 0 radical (unpaired) electrons. The predicted octanol–water partition coefficient (Wildman–Crippen LogP) is 4.77. The second kappa shape index (κ2) is 7.95. The number of hydrogen-bond donors (Lipinski definition) is 1. The highest BCUT2D eigenvalue weighted by atomic mass is 79.9. The third-order valence-corrected chi connectivity index (χ3v) is 3.89. The number of nitriles is 1. The van der Waals surface area contributed by atoms with E-state index in [-0.39, 0.29) is 5.57 Å². The van der Waals surface area contributed by atoms with E-state index < -0.39 is 5.91 Å². The minimum absolute atomic E-state index is 0.00747. The number of anilines is 1. The molecular weight excluding hydrogens is 424 g/mol. The lowest BCUT2D eigenvalue weighted by Gasteiger charge is -2.06. The van der Waals surface area contributed by atoms with E-state index in [9.17, 15) is 10.1 Å². The van der Waals surface area contributed by atoms with Gasteiger partial charge in [0.15, 0.2) is 0 Å². The molecule has 2 rings (SSSR count). The van der Waals surface area contributed by atoms with Gasteiger partial charge in [0.1, 0.15) is 17.4 Å². The van der Waals surface area contributed by atoms with Crippen LogP contribution >= 0.6 is 31.9 Å². The van der Waals surface area contributed by atoms with Crippen LogP contribution in [0.2, 0.25) is 0 Å². The molecule has 0 saturated carbocycles. The topological polar surface area (TPSA) is 62.1 Å². The lowest BCUT2D eigenvalue weighted by Crippen LogP contribution is -2.13. The average Bonchev–Trinajstić information content (AvgIpc) is 2.54. The van der Waals surface area contributed by atoms with Crippen molar-refractivity contribution in [2.24, 2.45) is 0 Å². The first-order chi connectivity index (χ1) is 11.0. The molecule has 0 heterocycles. The van der Waals surface area contributed by atoms with Gasteiger partial charge in [-0.25, -0.2) is 0 Å². The van der Waals surface area contributed by atoms with Crippen LogP contribution in [0.15, 0.2) is 57.0 Å². The molecule has 0 spiro atoms. The second-order valence-electron chi connectivity index (χ2n) is 4.56. The molecule has 0 aliphatic rings. The molecule has 4 nitrogen and oxygen atoms in total. The number of carbonyl (C=O) groups excluding carboxylic acids is 1. The van der Waals surface area contributed by atoms with Crippen LogP contribution in [0.4, 0.5) is 5.69 Å². The minimum atomic E-state index is -0.464. The van der Waals surface area contributed by atoms with Gasteiger partial charge in [-0.15, -0.1) is 0 Å². The fourth-order valence-electron chi connectivity index (χ4n) is 1.83. The Morgan fingerprint density at radius 2 is 1.87 bits per heavy atom. The smallest absolute Gasteiger partial charge is 0.266 e. The number of nitrogens with one attached hydrogen (secondary N) is 1. The van der Waals surface area contributed by atoms with Crippen molar-refractivity contribution in [3.05, 3.63) is 62.5 Å². The minimum Gasteiger partial charge on any atom is -0.497 e. The maximum absolute atomic E-state index is 12.2. The normalized spacial score (nSPS) is 10.8. The Labute approximate surface area is 151 Å². The van der Waals surface area contributed by atoms with Crippen molar-refractivity contribution in [3.8, 4) is 11.8 Å². The highest BCUT2D eigenvalue weighted by Gasteiger charge is 2.10. The van der Waals surface area contributed by atoms with Gasteiger partial charge in [0.05, 0.1) is 7.11 Å². The Morgan fingerprint density at radius 3 is 2.48 bits per heavy atom. The molecule has 1 amide bonds. The van der Waals surface area contributed by atoms with Gasteiger partial charge < -0.3 is 10.1 Å². The lowest BCUT2D eigenvalue weighted by molar-refractivity contribution is -0.112. The molecule has 2 aromatic rings. The Balaban J connectivity index is 2.24. The Kier molecular flexibility index (Phi) is 5.97. The highest BCUT2D eigenvalue weighted by Crippen LogP contribution is 2.23. The molecule has 1 N–H and O–H groups in total. The van der Waals surface area contributed by atoms with E-state index >= 15 is 0 Å². The van der Waals surface area contributed by atoms with E-state index in [2.05, 4.69) is 37.2 Å². The quantitative estimate of drug-likeness (QED) is 0.555. The van der Waals surface area contributed by atoms with Crippen LogP contribution in [0.1, 0.15) is 5.56 Å². The summed E-state index contributed by atoms with van der Waals surface area (Å²) in [4.78, 5) is 12.2. The van der Waals surface area contributed by atoms with Gasteiger partial charge in [-0.3, -0.25) is 4.79 Å². The maximum atomic E-state index is 12.2. The van der Waals surface area contributed by atoms with E-state index in [1.54, 1.807) is 37.4 Å². The Morgan fingerprint density at radius 1 is 1.17 bits per heavy atom. The number of halogens is 2. The highest BCUT2D eigenvalue weighted by molar-refractivity contribution is 9.10. The molecule has 0 aliphatic heterocycles. The van der Waals surface area contributed by atoms with Gasteiger partial charge >= 0.3 is 0 Å². The average molecular weight is 436 g/mol. The van der Waals surface area contributed by atoms with Crippen LogP contribution in [-0.4, -0.2) is 13.0 Å². The number of methoxy groups -OCH3 is 1. The van der Waals surface area contributed by atoms with Gasteiger partial charge in [0.2, 0.25) is 0 Å². The van der Waals surface area contributed by atoms with Crippen molar-refractivity contribution in [1.82, 2.24) is 0 Å². The number of amides is 1. The Bertz CT molecular complexity index is 793. The fourth-order valence-corrected chi connectivity index (χ4v) is 2.59. The zero-order chi connectivity index (χ0) is 16.8. The fraction of sp³-hybridized carbons (Fsp3) is 0.0588. The van der Waals surface area contributed by atoms with E-state index in [4.69, 9.17) is 4.74 Å². The third-order valence-electron chi connectivity index (χ3n) is 2.91. The molecule has 2 aromatic carbocycles. The first-order valence-electron chi connectivity index (χ1n) is 6.55. The molecule has 0 unspecified atom stereocenters. The van der Waals surface area contributed by atoms with Crippen molar-refractivity contribution in [3.63, 3.8) is 0 Å². The molecule has 0 aliphatic carbocycles. The largest absolute Gasteiger partial charge is 0.497 e. The van der Waals surface area contributed by atoms with Gasteiger partial charge in [-0.2, -0.15) is 5.26 Å². The maximum Gasteiger partial charge on any atom is 0.266 e. The summed E-state index contributed by atoms with van der Waals surface area (Å²) in [6, 6.07) is 14.4. The molecule has 0 saturated heterocycles. The first-order valence-corrected chi connectivity index (χ1v) is 8.13. The number of ether oxygens (including phenoxy) is 1. The van der Waals surface area contributed by atoms with Crippen LogP contribution in [0.3, 0.4) is 0 Å². The van der Waals surface area contributed by atoms with Crippen molar-refractivity contribution in [1.29, 1.82) is 5.26 Å². The molecule has 23 heavy (non-hydrogen) atoms. The van der Waals surface area contributed by atoms with Crippen LogP contribution < -0.4 is 10.1 Å². The summed E-state index contributed by atoms with van der Waals surface area (Å²) in [7, 11) is 1.56. The summed E-state index contributed by atoms with van der Waals surface area (Å²) >= 11 is 6.69. The first kappa shape index (κ1) is 17.3. The van der Waals surface area contributed by atoms with Crippen molar-refractivity contribution < 1.29 is 9.53 Å². The van der Waals surface area contributed by atoms with Crippen molar-refractivity contribution in [2.75, 3.05) is 12.4 Å². The van der Waals surface area contributed by atoms with Crippen molar-refractivity contribution >= 4 is 49.5 Å². The molecule has 116 valence electrons. The number of benzene rings is 2. The number of hydrogen-bond acceptors (Lipinski definition) is 3. The summed E-state index contributed by atoms with van der Waals surface area (Å²) in [6.07, 6.45) is 1.52. The summed E-state index contributed by atoms with van der Waals surface area (Å²) in [5, 5.41) is 11.9. The van der Waals surface area contributed by atoms with Gasteiger partial charge in [0.25, 0.3) is 5.91 Å². The van der Waals surface area contributed by atoms with Crippen LogP contribution in [0.5, 0.6) is 5.75 Å². The molecule has 6 heteroatoms. The SMILES string of the molecule is COc1cc(Br)cc(/C=C(\C#N)C(=O)Nc2ccc(Br)cc2)c1. The van der Waals surface area contributed by atoms with Crippen LogP contribution in [0, 0.1) is 11.3 Å². The Hall–Kier alpha value is -2.10. The van der Waals surface area contributed by atoms with Crippen LogP contribution in [0.25, 0.3) is 6.08 Å². The van der Waals surface area contributed by atoms with Crippen molar-refractivity contribution in [2.45, 2.75) is 0 Å². The molecule has 0 atom stereocenters. The monoisotopic (exact) mass is 434 g/mol. The zero-order valence-electron chi connectivity index (χ0n) is 12.1. The number of nitrogens with zero attached hydrogens (tertiary/aromatic N) is 1. The van der Waals surface area contributed by atoms with E-state index in [0.29, 0.717) is 17.0 Å². The summed E-state index contributed by atoms with van der Waals surface area (Å²) in [5.41, 5.74) is 1.32. The van der Waals surface area contributed by atoms with E-state index in [1.807, 2.05) is 18.2 Å². The zero-order valence-corrected chi connectivity index (χ0v) is 15.3. The summed E-state index contributed by atoms with van der Waals surface area (Å²) < 4.78 is 6.88. The van der Waals surface area contributed by atoms with Crippen LogP contribution in [-0.2, 0) is 4.79 Å². The van der Waals surface area contributed by atoms with E-state index in [1.165, 1.54) is 6.08 Å². The molecule has 0 fully saturated rings. The second-order valence-corrected chi connectivity index (χ2v) is 6.39. The third kappa shape index (κ3) is 4.95. The molecule has 0 bridgehead atoms. The standard InChI is InChI=1S/C17H12Br2N2O2/c1-23-16-8-11(7-14(19)9-16)6-12(10-20)17(22)21-15-4-2-13(18)3-5-15/h2-9H,1H3,(H,21,22)/b12-6+. The van der Waals surface area contributed by atoms with E-state index in [0.717, 1.165) is 8.95 Å². The van der Waals surface area contributed by atoms with Gasteiger partial charge in [-0.1, -0.05) is 31.9 Å². The lowest BCUT2D eigenvalue weighted by atomic mass is 10.1. The van der Waals surface area contributed by atoms with Gasteiger partial charge in [0, 0.05) is 14.6 Å².